The average molecular weight is 213 g/mol. The van der Waals surface area contributed by atoms with Crippen molar-refractivity contribution in [2.45, 2.75) is 46.8 Å². The molecule has 0 aliphatic heterocycles. The van der Waals surface area contributed by atoms with Gasteiger partial charge in [-0.25, -0.2) is 0 Å². The van der Waals surface area contributed by atoms with E-state index in [1.54, 1.807) is 0 Å². The first-order valence-corrected chi connectivity index (χ1v) is 5.60. The summed E-state index contributed by atoms with van der Waals surface area (Å²) in [5.74, 6) is -0.234. The third-order valence-electron chi connectivity index (χ3n) is 2.40. The minimum Gasteiger partial charge on any atom is -0.459 e. The number of ether oxygens (including phenoxy) is 1. The van der Waals surface area contributed by atoms with E-state index in [0.29, 0.717) is 6.04 Å². The van der Waals surface area contributed by atoms with Crippen molar-refractivity contribution in [2.75, 3.05) is 13.1 Å². The molecule has 2 atom stereocenters. The van der Waals surface area contributed by atoms with Gasteiger partial charge in [0.05, 0.1) is 0 Å². The van der Waals surface area contributed by atoms with Crippen molar-refractivity contribution in [3.05, 3.63) is 12.2 Å². The van der Waals surface area contributed by atoms with Gasteiger partial charge in [0.25, 0.3) is 0 Å². The highest BCUT2D eigenvalue weighted by Gasteiger charge is 2.07. The van der Waals surface area contributed by atoms with Gasteiger partial charge in [0, 0.05) is 13.0 Å². The van der Waals surface area contributed by atoms with Crippen LogP contribution in [0.15, 0.2) is 12.2 Å². The van der Waals surface area contributed by atoms with E-state index in [0.717, 1.165) is 13.1 Å². The Balaban J connectivity index is 4.08. The monoisotopic (exact) mass is 213 g/mol. The Morgan fingerprint density at radius 3 is 2.20 bits per heavy atom. The van der Waals surface area contributed by atoms with Crippen molar-refractivity contribution < 1.29 is 9.53 Å². The molecule has 0 aromatic rings. The summed E-state index contributed by atoms with van der Waals surface area (Å²) in [5, 5.41) is 0. The van der Waals surface area contributed by atoms with Crippen LogP contribution in [0.4, 0.5) is 0 Å². The topological polar surface area (TPSA) is 29.5 Å². The summed E-state index contributed by atoms with van der Waals surface area (Å²) in [6, 6.07) is 0.387. The van der Waals surface area contributed by atoms with Crippen LogP contribution in [-0.4, -0.2) is 36.1 Å². The number of esters is 1. The molecule has 15 heavy (non-hydrogen) atoms. The SMILES string of the molecule is CCN(CC)[C@H](C)/C=C/[C@H](C)OC(C)=O. The van der Waals surface area contributed by atoms with Gasteiger partial charge in [-0.2, -0.15) is 0 Å². The van der Waals surface area contributed by atoms with Gasteiger partial charge >= 0.3 is 5.97 Å². The van der Waals surface area contributed by atoms with E-state index in [-0.39, 0.29) is 12.1 Å². The molecule has 0 spiro atoms. The molecule has 0 amide bonds. The predicted molar refractivity (Wildman–Crippen MR) is 62.8 cm³/mol. The molecule has 0 aromatic heterocycles. The minimum atomic E-state index is -0.234. The third-order valence-corrected chi connectivity index (χ3v) is 2.40. The summed E-state index contributed by atoms with van der Waals surface area (Å²) in [6.07, 6.45) is 3.88. The van der Waals surface area contributed by atoms with E-state index >= 15 is 0 Å². The van der Waals surface area contributed by atoms with Crippen LogP contribution < -0.4 is 0 Å². The summed E-state index contributed by atoms with van der Waals surface area (Å²) in [7, 11) is 0. The van der Waals surface area contributed by atoms with Gasteiger partial charge in [-0.1, -0.05) is 19.9 Å². The second-order valence-corrected chi connectivity index (χ2v) is 3.66. The van der Waals surface area contributed by atoms with E-state index < -0.39 is 0 Å². The normalized spacial score (nSPS) is 15.6. The van der Waals surface area contributed by atoms with Gasteiger partial charge in [0.2, 0.25) is 0 Å². The lowest BCUT2D eigenvalue weighted by molar-refractivity contribution is -0.143. The zero-order valence-electron chi connectivity index (χ0n) is 10.5. The minimum absolute atomic E-state index is 0.138. The molecule has 0 aromatic carbocycles. The van der Waals surface area contributed by atoms with Crippen molar-refractivity contribution in [3.8, 4) is 0 Å². The predicted octanol–water partition coefficient (Wildman–Crippen LogP) is 2.22. The van der Waals surface area contributed by atoms with E-state index in [4.69, 9.17) is 4.74 Å². The molecule has 3 heteroatoms. The van der Waals surface area contributed by atoms with Crippen LogP contribution in [0.5, 0.6) is 0 Å². The summed E-state index contributed by atoms with van der Waals surface area (Å²) in [5.41, 5.74) is 0. The lowest BCUT2D eigenvalue weighted by Gasteiger charge is -2.23. The second kappa shape index (κ2) is 7.46. The fraction of sp³-hybridized carbons (Fsp3) is 0.750. The van der Waals surface area contributed by atoms with E-state index in [1.807, 2.05) is 13.0 Å². The van der Waals surface area contributed by atoms with Crippen LogP contribution >= 0.6 is 0 Å². The first-order valence-electron chi connectivity index (χ1n) is 5.60. The molecule has 0 aliphatic rings. The molecule has 0 N–H and O–H groups in total. The number of nitrogens with zero attached hydrogens (tertiary/aromatic N) is 1. The van der Waals surface area contributed by atoms with Crippen molar-refractivity contribution >= 4 is 5.97 Å². The zero-order chi connectivity index (χ0) is 11.8. The van der Waals surface area contributed by atoms with Crippen LogP contribution in [0.3, 0.4) is 0 Å². The number of rotatable bonds is 6. The first kappa shape index (κ1) is 14.2. The lowest BCUT2D eigenvalue weighted by atomic mass is 10.2. The molecule has 0 radical (unpaired) electrons. The number of carbonyl (C=O) groups is 1. The summed E-state index contributed by atoms with van der Waals surface area (Å²) >= 11 is 0. The Hall–Kier alpha value is -0.830. The number of hydrogen-bond donors (Lipinski definition) is 0. The molecule has 0 rings (SSSR count). The highest BCUT2D eigenvalue weighted by Crippen LogP contribution is 2.02. The molecule has 0 bridgehead atoms. The standard InChI is InChI=1S/C12H23NO2/c1-6-13(7-2)10(3)8-9-11(4)15-12(5)14/h8-11H,6-7H2,1-5H3/b9-8+/t10-,11+/m1/s1. The van der Waals surface area contributed by atoms with E-state index in [2.05, 4.69) is 31.7 Å². The molecule has 3 nitrogen and oxygen atoms in total. The number of hydrogen-bond acceptors (Lipinski definition) is 3. The lowest BCUT2D eigenvalue weighted by Crippen LogP contribution is -2.31. The molecule has 0 fully saturated rings. The smallest absolute Gasteiger partial charge is 0.303 e. The van der Waals surface area contributed by atoms with Crippen LogP contribution in [0.2, 0.25) is 0 Å². The molecule has 0 heterocycles. The zero-order valence-corrected chi connectivity index (χ0v) is 10.5. The molecule has 0 saturated carbocycles. The van der Waals surface area contributed by atoms with E-state index in [1.165, 1.54) is 6.92 Å². The second-order valence-electron chi connectivity index (χ2n) is 3.66. The maximum Gasteiger partial charge on any atom is 0.303 e. The molecular weight excluding hydrogens is 190 g/mol. The van der Waals surface area contributed by atoms with Crippen LogP contribution in [0.25, 0.3) is 0 Å². The highest BCUT2D eigenvalue weighted by molar-refractivity contribution is 5.66. The molecule has 88 valence electrons. The van der Waals surface area contributed by atoms with Crippen LogP contribution in [-0.2, 0) is 9.53 Å². The Labute approximate surface area is 93.1 Å². The van der Waals surface area contributed by atoms with Gasteiger partial charge in [-0.05, 0) is 33.0 Å². The first-order chi connectivity index (χ1) is 7.01. The van der Waals surface area contributed by atoms with Crippen molar-refractivity contribution in [2.24, 2.45) is 0 Å². The Morgan fingerprint density at radius 1 is 1.27 bits per heavy atom. The average Bonchev–Trinajstić information content (AvgIpc) is 2.15. The van der Waals surface area contributed by atoms with Gasteiger partial charge in [-0.3, -0.25) is 9.69 Å². The fourth-order valence-electron chi connectivity index (χ4n) is 1.54. The molecule has 0 aliphatic carbocycles. The summed E-state index contributed by atoms with van der Waals surface area (Å²) in [6.45, 7) is 11.8. The Kier molecular flexibility index (Phi) is 7.05. The summed E-state index contributed by atoms with van der Waals surface area (Å²) < 4.78 is 5.00. The van der Waals surface area contributed by atoms with Crippen LogP contribution in [0.1, 0.15) is 34.6 Å². The van der Waals surface area contributed by atoms with Crippen LogP contribution in [0, 0.1) is 0 Å². The fourth-order valence-corrected chi connectivity index (χ4v) is 1.54. The van der Waals surface area contributed by atoms with Gasteiger partial charge in [0.1, 0.15) is 6.10 Å². The van der Waals surface area contributed by atoms with Gasteiger partial charge in [-0.15, -0.1) is 0 Å². The molecular formula is C12H23NO2. The maximum absolute atomic E-state index is 10.7. The van der Waals surface area contributed by atoms with E-state index in [9.17, 15) is 4.79 Å². The number of likely N-dealkylation sites (N-methyl/N-ethyl adjacent to an activating group) is 1. The quantitative estimate of drug-likeness (QED) is 0.500. The molecule has 0 saturated heterocycles. The third kappa shape index (κ3) is 6.28. The van der Waals surface area contributed by atoms with Gasteiger partial charge in [0.15, 0.2) is 0 Å². The summed E-state index contributed by atoms with van der Waals surface area (Å²) in [4.78, 5) is 13.0. The highest BCUT2D eigenvalue weighted by atomic mass is 16.5. The Bertz CT molecular complexity index is 210. The van der Waals surface area contributed by atoms with Gasteiger partial charge < -0.3 is 4.74 Å². The number of carbonyl (C=O) groups excluding carboxylic acids is 1. The van der Waals surface area contributed by atoms with Crippen molar-refractivity contribution in [1.82, 2.24) is 4.90 Å². The largest absolute Gasteiger partial charge is 0.459 e. The van der Waals surface area contributed by atoms with Crippen molar-refractivity contribution in [1.29, 1.82) is 0 Å². The van der Waals surface area contributed by atoms with Crippen molar-refractivity contribution in [3.63, 3.8) is 0 Å². The maximum atomic E-state index is 10.7. The molecule has 0 unspecified atom stereocenters. The Morgan fingerprint density at radius 2 is 1.80 bits per heavy atom.